The predicted octanol–water partition coefficient (Wildman–Crippen LogP) is 6.14. The smallest absolute Gasteiger partial charge is 0.356 e. The Morgan fingerprint density at radius 3 is 2.30 bits per heavy atom. The molecule has 0 saturated heterocycles. The molecular formula is C20H17ClF7N5. The Balaban J connectivity index is 1.87. The summed E-state index contributed by atoms with van der Waals surface area (Å²) in [5.74, 6) is -5.16. The van der Waals surface area contributed by atoms with E-state index in [4.69, 9.17) is 11.6 Å². The average molecular weight is 496 g/mol. The number of benzene rings is 1. The largest absolute Gasteiger partial charge is 0.451 e. The van der Waals surface area contributed by atoms with E-state index >= 15 is 0 Å². The number of aromatic amines is 1. The lowest BCUT2D eigenvalue weighted by molar-refractivity contribution is -0.155. The third-order valence-corrected chi connectivity index (χ3v) is 5.73. The molecule has 0 bridgehead atoms. The number of halogens is 8. The fraction of sp³-hybridized carbons (Fsp3) is 0.450. The zero-order valence-corrected chi connectivity index (χ0v) is 17.8. The van der Waals surface area contributed by atoms with Gasteiger partial charge in [0.15, 0.2) is 0 Å². The van der Waals surface area contributed by atoms with Crippen molar-refractivity contribution < 1.29 is 30.7 Å². The van der Waals surface area contributed by atoms with Crippen LogP contribution in [0.2, 0.25) is 5.02 Å². The van der Waals surface area contributed by atoms with Crippen LogP contribution in [0.4, 0.5) is 36.7 Å². The van der Waals surface area contributed by atoms with Crippen molar-refractivity contribution in [1.29, 1.82) is 0 Å². The maximum absolute atomic E-state index is 13.4. The molecule has 1 aliphatic rings. The van der Waals surface area contributed by atoms with Crippen molar-refractivity contribution in [1.82, 2.24) is 19.9 Å². The molecule has 0 amide bonds. The molecule has 1 N–H and O–H groups in total. The van der Waals surface area contributed by atoms with Gasteiger partial charge in [0.1, 0.15) is 0 Å². The predicted molar refractivity (Wildman–Crippen MR) is 107 cm³/mol. The molecule has 3 aromatic rings. The fourth-order valence-corrected chi connectivity index (χ4v) is 4.19. The van der Waals surface area contributed by atoms with Gasteiger partial charge >= 0.3 is 12.4 Å². The molecule has 1 aliphatic heterocycles. The van der Waals surface area contributed by atoms with Crippen molar-refractivity contribution in [2.24, 2.45) is 5.92 Å². The lowest BCUT2D eigenvalue weighted by Crippen LogP contribution is -2.38. The summed E-state index contributed by atoms with van der Waals surface area (Å²) in [7, 11) is 0. The van der Waals surface area contributed by atoms with Gasteiger partial charge in [0.25, 0.3) is 0 Å². The number of fused-ring (bicyclic) bond motifs is 3. The van der Waals surface area contributed by atoms with Crippen LogP contribution in [0.1, 0.15) is 42.3 Å². The van der Waals surface area contributed by atoms with E-state index in [9.17, 15) is 30.7 Å². The highest BCUT2D eigenvalue weighted by atomic mass is 35.5. The van der Waals surface area contributed by atoms with E-state index in [1.54, 1.807) is 25.1 Å². The second-order valence-electron chi connectivity index (χ2n) is 7.94. The average Bonchev–Trinajstić information content (AvgIpc) is 3.10. The summed E-state index contributed by atoms with van der Waals surface area (Å²) >= 11 is 6.09. The number of rotatable bonds is 4. The summed E-state index contributed by atoms with van der Waals surface area (Å²) in [5, 5.41) is 1.26. The first-order valence-corrected chi connectivity index (χ1v) is 10.3. The molecule has 0 saturated carbocycles. The summed E-state index contributed by atoms with van der Waals surface area (Å²) in [6.07, 6.45) is -10.0. The molecule has 0 radical (unpaired) electrons. The summed E-state index contributed by atoms with van der Waals surface area (Å²) in [6.45, 7) is 0.904. The van der Waals surface area contributed by atoms with Gasteiger partial charge in [-0.3, -0.25) is 4.39 Å². The Morgan fingerprint density at radius 2 is 1.73 bits per heavy atom. The molecule has 1 aromatic carbocycles. The first-order chi connectivity index (χ1) is 15.4. The van der Waals surface area contributed by atoms with Gasteiger partial charge in [-0.15, -0.1) is 0 Å². The minimum atomic E-state index is -5.21. The Labute approximate surface area is 188 Å². The normalized spacial score (nSPS) is 18.0. The van der Waals surface area contributed by atoms with E-state index in [1.807, 2.05) is 0 Å². The maximum atomic E-state index is 13.4. The minimum Gasteiger partial charge on any atom is -0.356 e. The summed E-state index contributed by atoms with van der Waals surface area (Å²) < 4.78 is 93.0. The lowest BCUT2D eigenvalue weighted by atomic mass is 9.91. The number of nitrogens with zero attached hydrogens (tertiary/aromatic N) is 4. The zero-order chi connectivity index (χ0) is 24.1. The van der Waals surface area contributed by atoms with Crippen LogP contribution in [-0.4, -0.2) is 33.2 Å². The fourth-order valence-electron chi connectivity index (χ4n) is 4.01. The molecule has 0 spiro atoms. The summed E-state index contributed by atoms with van der Waals surface area (Å²) in [4.78, 5) is 13.6. The summed E-state index contributed by atoms with van der Waals surface area (Å²) in [5.41, 5.74) is 2.08. The SMILES string of the molecule is C[C@H](CF)C[C@H]1c2[nH]c3ccc(Cl)cc3c2CCN1c1nc(C(F)(F)F)nc(C(F)(F)F)n1. The second-order valence-corrected chi connectivity index (χ2v) is 8.38. The molecule has 0 unspecified atom stereocenters. The van der Waals surface area contributed by atoms with Crippen molar-refractivity contribution in [3.8, 4) is 0 Å². The van der Waals surface area contributed by atoms with Crippen LogP contribution in [0, 0.1) is 5.92 Å². The molecule has 13 heteroatoms. The van der Waals surface area contributed by atoms with Gasteiger partial charge in [-0.25, -0.2) is 4.98 Å². The van der Waals surface area contributed by atoms with Gasteiger partial charge in [-0.1, -0.05) is 18.5 Å². The van der Waals surface area contributed by atoms with Crippen molar-refractivity contribution in [2.75, 3.05) is 18.1 Å². The van der Waals surface area contributed by atoms with E-state index in [1.165, 1.54) is 4.90 Å². The van der Waals surface area contributed by atoms with Gasteiger partial charge in [0.05, 0.1) is 12.7 Å². The van der Waals surface area contributed by atoms with Crippen molar-refractivity contribution in [2.45, 2.75) is 38.2 Å². The summed E-state index contributed by atoms with van der Waals surface area (Å²) in [6, 6.07) is 4.32. The van der Waals surface area contributed by atoms with E-state index in [-0.39, 0.29) is 19.4 Å². The second kappa shape index (κ2) is 8.30. The Kier molecular flexibility index (Phi) is 5.92. The Bertz CT molecular complexity index is 1140. The van der Waals surface area contributed by atoms with Gasteiger partial charge in [0, 0.05) is 28.2 Å². The molecule has 178 valence electrons. The molecule has 0 fully saturated rings. The highest BCUT2D eigenvalue weighted by Crippen LogP contribution is 2.41. The van der Waals surface area contributed by atoms with Crippen LogP contribution in [-0.2, 0) is 18.8 Å². The van der Waals surface area contributed by atoms with Gasteiger partial charge < -0.3 is 9.88 Å². The molecule has 2 atom stereocenters. The van der Waals surface area contributed by atoms with E-state index in [2.05, 4.69) is 19.9 Å². The first-order valence-electron chi connectivity index (χ1n) is 9.91. The van der Waals surface area contributed by atoms with Crippen LogP contribution in [0.25, 0.3) is 10.9 Å². The van der Waals surface area contributed by atoms with E-state index < -0.39 is 48.6 Å². The van der Waals surface area contributed by atoms with Crippen LogP contribution in [0.3, 0.4) is 0 Å². The van der Waals surface area contributed by atoms with Gasteiger partial charge in [-0.2, -0.15) is 36.3 Å². The third-order valence-electron chi connectivity index (χ3n) is 5.49. The number of H-pyrrole nitrogens is 1. The van der Waals surface area contributed by atoms with Crippen molar-refractivity contribution in [3.05, 3.63) is 46.1 Å². The van der Waals surface area contributed by atoms with Crippen LogP contribution in [0.15, 0.2) is 18.2 Å². The number of nitrogens with one attached hydrogen (secondary N) is 1. The van der Waals surface area contributed by atoms with Crippen molar-refractivity contribution >= 4 is 28.5 Å². The number of alkyl halides is 7. The monoisotopic (exact) mass is 495 g/mol. The number of hydrogen-bond acceptors (Lipinski definition) is 4. The van der Waals surface area contributed by atoms with E-state index in [0.717, 1.165) is 10.9 Å². The molecule has 3 heterocycles. The Morgan fingerprint density at radius 1 is 1.09 bits per heavy atom. The molecule has 2 aromatic heterocycles. The molecular weight excluding hydrogens is 479 g/mol. The number of anilines is 1. The molecule has 33 heavy (non-hydrogen) atoms. The Hall–Kier alpha value is -2.63. The molecule has 4 rings (SSSR count). The number of hydrogen-bond donors (Lipinski definition) is 1. The van der Waals surface area contributed by atoms with Crippen LogP contribution >= 0.6 is 11.6 Å². The lowest BCUT2D eigenvalue weighted by Gasteiger charge is -2.37. The van der Waals surface area contributed by atoms with Crippen molar-refractivity contribution in [3.63, 3.8) is 0 Å². The first kappa shape index (κ1) is 23.5. The quantitative estimate of drug-likeness (QED) is 0.441. The highest BCUT2D eigenvalue weighted by molar-refractivity contribution is 6.31. The van der Waals surface area contributed by atoms with Gasteiger partial charge in [-0.05, 0) is 42.5 Å². The van der Waals surface area contributed by atoms with Crippen LogP contribution < -0.4 is 4.90 Å². The third kappa shape index (κ3) is 4.57. The zero-order valence-electron chi connectivity index (χ0n) is 17.0. The molecule has 0 aliphatic carbocycles. The van der Waals surface area contributed by atoms with Crippen LogP contribution in [0.5, 0.6) is 0 Å². The number of aromatic nitrogens is 4. The maximum Gasteiger partial charge on any atom is 0.451 e. The standard InChI is InChI=1S/C20H17ClF7N5/c1-9(8-22)6-14-15-11(12-7-10(21)2-3-13(12)29-15)4-5-33(14)18-31-16(19(23,24)25)30-17(32-18)20(26,27)28/h2-3,7,9,14,29H,4-6,8H2,1H3/t9-,14-/m0/s1. The van der Waals surface area contributed by atoms with Gasteiger partial charge in [0.2, 0.25) is 17.6 Å². The highest BCUT2D eigenvalue weighted by Gasteiger charge is 2.43. The molecule has 5 nitrogen and oxygen atoms in total. The minimum absolute atomic E-state index is 0.0226. The topological polar surface area (TPSA) is 57.7 Å². The van der Waals surface area contributed by atoms with E-state index in [0.29, 0.717) is 16.2 Å².